The molecule has 0 spiro atoms. The third-order valence-electron chi connectivity index (χ3n) is 5.77. The lowest BCUT2D eigenvalue weighted by atomic mass is 10.1. The van der Waals surface area contributed by atoms with E-state index in [1.807, 2.05) is 29.2 Å². The summed E-state index contributed by atoms with van der Waals surface area (Å²) in [6.45, 7) is 1.14. The van der Waals surface area contributed by atoms with E-state index < -0.39 is 0 Å². The SMILES string of the molecule is COc1ccc(CCN2CC(c3nc(-c4ccc(OC)c(OC)c4)no3)CC2=O)cc1OC. The maximum Gasteiger partial charge on any atom is 0.232 e. The molecule has 33 heavy (non-hydrogen) atoms. The van der Waals surface area contributed by atoms with Gasteiger partial charge in [-0.1, -0.05) is 11.2 Å². The number of ether oxygens (including phenoxy) is 4. The largest absolute Gasteiger partial charge is 0.493 e. The Morgan fingerprint density at radius 2 is 1.61 bits per heavy atom. The van der Waals surface area contributed by atoms with Gasteiger partial charge in [0.25, 0.3) is 0 Å². The number of benzene rings is 2. The van der Waals surface area contributed by atoms with Gasteiger partial charge in [-0.05, 0) is 42.3 Å². The van der Waals surface area contributed by atoms with Crippen molar-refractivity contribution in [2.24, 2.45) is 0 Å². The lowest BCUT2D eigenvalue weighted by Crippen LogP contribution is -2.27. The number of nitrogens with zero attached hydrogens (tertiary/aromatic N) is 3. The first kappa shape index (κ1) is 22.4. The summed E-state index contributed by atoms with van der Waals surface area (Å²) in [6, 6.07) is 11.2. The maximum absolute atomic E-state index is 12.6. The highest BCUT2D eigenvalue weighted by molar-refractivity contribution is 5.79. The van der Waals surface area contributed by atoms with E-state index in [-0.39, 0.29) is 11.8 Å². The molecule has 3 aromatic rings. The van der Waals surface area contributed by atoms with Crippen molar-refractivity contribution >= 4 is 5.91 Å². The molecule has 9 heteroatoms. The van der Waals surface area contributed by atoms with Gasteiger partial charge in [0.15, 0.2) is 23.0 Å². The lowest BCUT2D eigenvalue weighted by molar-refractivity contribution is -0.127. The molecule has 1 saturated heterocycles. The van der Waals surface area contributed by atoms with Gasteiger partial charge in [-0.25, -0.2) is 0 Å². The number of aromatic nitrogens is 2. The standard InChI is InChI=1S/C24H27N3O6/c1-29-18-7-5-15(11-20(18)31-3)9-10-27-14-17(13-22(27)28)24-25-23(26-33-24)16-6-8-19(30-2)21(12-16)32-4/h5-8,11-12,17H,9-10,13-14H2,1-4H3. The fraction of sp³-hybridized carbons (Fsp3) is 0.375. The van der Waals surface area contributed by atoms with Crippen LogP contribution in [0, 0.1) is 0 Å². The average Bonchev–Trinajstić information content (AvgIpc) is 3.49. The fourth-order valence-electron chi connectivity index (χ4n) is 3.95. The van der Waals surface area contributed by atoms with Crippen molar-refractivity contribution in [3.8, 4) is 34.4 Å². The van der Waals surface area contributed by atoms with E-state index in [0.717, 1.165) is 11.1 Å². The average molecular weight is 453 g/mol. The van der Waals surface area contributed by atoms with E-state index in [4.69, 9.17) is 23.5 Å². The molecule has 1 atom stereocenters. The minimum atomic E-state index is -0.135. The van der Waals surface area contributed by atoms with Crippen LogP contribution < -0.4 is 18.9 Å². The first-order chi connectivity index (χ1) is 16.1. The molecule has 1 aromatic heterocycles. The molecule has 1 amide bonds. The van der Waals surface area contributed by atoms with Crippen LogP contribution >= 0.6 is 0 Å². The van der Waals surface area contributed by atoms with Crippen LogP contribution in [0.4, 0.5) is 0 Å². The number of carbonyl (C=O) groups excluding carboxylic acids is 1. The summed E-state index contributed by atoms with van der Waals surface area (Å²) >= 11 is 0. The van der Waals surface area contributed by atoms with E-state index in [1.165, 1.54) is 0 Å². The first-order valence-electron chi connectivity index (χ1n) is 10.6. The Morgan fingerprint density at radius 3 is 2.30 bits per heavy atom. The Morgan fingerprint density at radius 1 is 0.939 bits per heavy atom. The highest BCUT2D eigenvalue weighted by atomic mass is 16.5. The van der Waals surface area contributed by atoms with Crippen molar-refractivity contribution in [3.05, 3.63) is 47.9 Å². The van der Waals surface area contributed by atoms with Crippen molar-refractivity contribution in [2.75, 3.05) is 41.5 Å². The van der Waals surface area contributed by atoms with Crippen LogP contribution in [0.25, 0.3) is 11.4 Å². The van der Waals surface area contributed by atoms with Gasteiger partial charge in [0.05, 0.1) is 34.4 Å². The van der Waals surface area contributed by atoms with Crippen molar-refractivity contribution in [1.82, 2.24) is 15.0 Å². The van der Waals surface area contributed by atoms with E-state index >= 15 is 0 Å². The molecule has 1 aliphatic heterocycles. The van der Waals surface area contributed by atoms with Gasteiger partial charge < -0.3 is 28.4 Å². The molecule has 2 heterocycles. The first-order valence-corrected chi connectivity index (χ1v) is 10.6. The summed E-state index contributed by atoms with van der Waals surface area (Å²) in [5.74, 6) is 3.41. The summed E-state index contributed by atoms with van der Waals surface area (Å²) in [4.78, 5) is 19.0. The number of methoxy groups -OCH3 is 4. The van der Waals surface area contributed by atoms with Crippen molar-refractivity contribution in [2.45, 2.75) is 18.8 Å². The number of likely N-dealkylation sites (tertiary alicyclic amines) is 1. The smallest absolute Gasteiger partial charge is 0.232 e. The second-order valence-corrected chi connectivity index (χ2v) is 7.71. The summed E-state index contributed by atoms with van der Waals surface area (Å²) in [7, 11) is 6.37. The molecule has 0 saturated carbocycles. The van der Waals surface area contributed by atoms with Crippen LogP contribution in [-0.2, 0) is 11.2 Å². The van der Waals surface area contributed by atoms with Gasteiger partial charge in [0, 0.05) is 25.1 Å². The fourth-order valence-corrected chi connectivity index (χ4v) is 3.95. The number of rotatable bonds is 9. The number of carbonyl (C=O) groups is 1. The van der Waals surface area contributed by atoms with E-state index in [9.17, 15) is 4.79 Å². The van der Waals surface area contributed by atoms with E-state index in [1.54, 1.807) is 40.6 Å². The molecule has 1 unspecified atom stereocenters. The zero-order valence-corrected chi connectivity index (χ0v) is 19.2. The monoisotopic (exact) mass is 453 g/mol. The Balaban J connectivity index is 1.41. The minimum Gasteiger partial charge on any atom is -0.493 e. The zero-order chi connectivity index (χ0) is 23.4. The summed E-state index contributed by atoms with van der Waals surface area (Å²) in [5.41, 5.74) is 1.81. The molecule has 4 rings (SSSR count). The van der Waals surface area contributed by atoms with Crippen LogP contribution in [0.5, 0.6) is 23.0 Å². The maximum atomic E-state index is 12.6. The molecule has 1 fully saturated rings. The third kappa shape index (κ3) is 4.72. The number of hydrogen-bond donors (Lipinski definition) is 0. The Labute approximate surface area is 192 Å². The van der Waals surface area contributed by atoms with Crippen LogP contribution in [0.15, 0.2) is 40.9 Å². The molecule has 1 aliphatic rings. The number of amides is 1. The third-order valence-corrected chi connectivity index (χ3v) is 5.77. The van der Waals surface area contributed by atoms with Crippen molar-refractivity contribution in [1.29, 1.82) is 0 Å². The summed E-state index contributed by atoms with van der Waals surface area (Å²) < 4.78 is 26.8. The van der Waals surface area contributed by atoms with Crippen molar-refractivity contribution < 1.29 is 28.3 Å². The highest BCUT2D eigenvalue weighted by Gasteiger charge is 2.34. The molecule has 0 bridgehead atoms. The van der Waals surface area contributed by atoms with E-state index in [2.05, 4.69) is 10.1 Å². The van der Waals surface area contributed by atoms with E-state index in [0.29, 0.717) is 60.6 Å². The molecule has 9 nitrogen and oxygen atoms in total. The van der Waals surface area contributed by atoms with Gasteiger partial charge in [-0.3, -0.25) is 4.79 Å². The van der Waals surface area contributed by atoms with Crippen LogP contribution in [0.3, 0.4) is 0 Å². The Kier molecular flexibility index (Phi) is 6.67. The minimum absolute atomic E-state index is 0.0753. The molecule has 0 aliphatic carbocycles. The number of hydrogen-bond acceptors (Lipinski definition) is 8. The zero-order valence-electron chi connectivity index (χ0n) is 19.2. The summed E-state index contributed by atoms with van der Waals surface area (Å²) in [5, 5.41) is 4.10. The van der Waals surface area contributed by atoms with Gasteiger partial charge in [0.2, 0.25) is 17.6 Å². The van der Waals surface area contributed by atoms with Gasteiger partial charge in [0.1, 0.15) is 0 Å². The van der Waals surface area contributed by atoms with Crippen LogP contribution in [0.1, 0.15) is 23.8 Å². The van der Waals surface area contributed by atoms with Crippen LogP contribution in [0.2, 0.25) is 0 Å². The lowest BCUT2D eigenvalue weighted by Gasteiger charge is -2.16. The molecule has 0 N–H and O–H groups in total. The molecule has 2 aromatic carbocycles. The van der Waals surface area contributed by atoms with Crippen molar-refractivity contribution in [3.63, 3.8) is 0 Å². The van der Waals surface area contributed by atoms with Gasteiger partial charge in [-0.15, -0.1) is 0 Å². The van der Waals surface area contributed by atoms with Crippen LogP contribution in [-0.4, -0.2) is 62.5 Å². The quantitative estimate of drug-likeness (QED) is 0.487. The molecular formula is C24H27N3O6. The topological polar surface area (TPSA) is 96.2 Å². The molecule has 0 radical (unpaired) electrons. The van der Waals surface area contributed by atoms with Gasteiger partial charge in [-0.2, -0.15) is 4.98 Å². The predicted octanol–water partition coefficient (Wildman–Crippen LogP) is 3.33. The molecule has 174 valence electrons. The highest BCUT2D eigenvalue weighted by Crippen LogP contribution is 2.33. The predicted molar refractivity (Wildman–Crippen MR) is 120 cm³/mol. The van der Waals surface area contributed by atoms with Gasteiger partial charge >= 0.3 is 0 Å². The summed E-state index contributed by atoms with van der Waals surface area (Å²) in [6.07, 6.45) is 1.05. The second kappa shape index (κ2) is 9.81. The Bertz CT molecular complexity index is 1130. The normalized spacial score (nSPS) is 15.6. The molecular weight excluding hydrogens is 426 g/mol. The second-order valence-electron chi connectivity index (χ2n) is 7.71. The Hall–Kier alpha value is -3.75.